The van der Waals surface area contributed by atoms with E-state index in [4.69, 9.17) is 0 Å². The summed E-state index contributed by atoms with van der Waals surface area (Å²) in [6, 6.07) is 0. The van der Waals surface area contributed by atoms with Crippen molar-refractivity contribution in [1.29, 1.82) is 0 Å². The van der Waals surface area contributed by atoms with Gasteiger partial charge in [0.1, 0.15) is 0 Å². The van der Waals surface area contributed by atoms with Gasteiger partial charge in [-0.25, -0.2) is 0 Å². The zero-order valence-corrected chi connectivity index (χ0v) is 6.14. The predicted octanol–water partition coefficient (Wildman–Crippen LogP) is -0.0824. The van der Waals surface area contributed by atoms with Crippen molar-refractivity contribution in [2.75, 3.05) is 0 Å². The molecule has 0 aromatic carbocycles. The third-order valence-electron chi connectivity index (χ3n) is 0.118. The fraction of sp³-hybridized carbons (Fsp3) is 0. The van der Waals surface area contributed by atoms with Crippen molar-refractivity contribution in [3.8, 4) is 0 Å². The molecule has 0 nitrogen and oxygen atoms in total. The van der Waals surface area contributed by atoms with E-state index in [2.05, 4.69) is 6.58 Å². The van der Waals surface area contributed by atoms with E-state index in [0.29, 0.717) is 0 Å². The van der Waals surface area contributed by atoms with Crippen LogP contribution in [-0.4, -0.2) is 35.1 Å². The second-order valence-electron chi connectivity index (χ2n) is 0.333. The number of hydrogen-bond acceptors (Lipinski definition) is 0. The molecule has 0 saturated carbocycles. The van der Waals surface area contributed by atoms with Gasteiger partial charge in [0, 0.05) is 0 Å². The molecule has 0 atom stereocenters. The molecule has 0 N–H and O–H groups in total. The van der Waals surface area contributed by atoms with Crippen LogP contribution in [0.15, 0.2) is 10.7 Å². The summed E-state index contributed by atoms with van der Waals surface area (Å²) >= 11 is 2.31. The molecule has 0 aliphatic rings. The Bertz CT molecular complexity index is 20.0. The van der Waals surface area contributed by atoms with Gasteiger partial charge in [0.05, 0.1) is 0 Å². The molecule has 0 aromatic heterocycles. The molecule has 0 heterocycles. The van der Waals surface area contributed by atoms with Gasteiger partial charge in [0.25, 0.3) is 0 Å². The van der Waals surface area contributed by atoms with Crippen LogP contribution in [0.3, 0.4) is 0 Å². The molecule has 0 fully saturated rings. The minimum atomic E-state index is 0.273. The van der Waals surface area contributed by atoms with Gasteiger partial charge in [-0.05, 0) is 0 Å². The third kappa shape index (κ3) is 3.30. The van der Waals surface area contributed by atoms with Crippen LogP contribution in [0.5, 0.6) is 0 Å². The van der Waals surface area contributed by atoms with Crippen LogP contribution in [0, 0.1) is 0 Å². The second-order valence-corrected chi connectivity index (χ2v) is 4.47. The SMILES string of the molecule is C=C[Te][Mg+]. The molecule has 0 spiro atoms. The van der Waals surface area contributed by atoms with Crippen LogP contribution < -0.4 is 0 Å². The number of rotatable bonds is 1. The van der Waals surface area contributed by atoms with Crippen LogP contribution in [0.4, 0.5) is 0 Å². The van der Waals surface area contributed by atoms with Gasteiger partial charge >= 0.3 is 45.8 Å². The van der Waals surface area contributed by atoms with Gasteiger partial charge in [-0.1, -0.05) is 0 Å². The fourth-order valence-corrected chi connectivity index (χ4v) is 0. The zero-order chi connectivity index (χ0) is 3.41. The van der Waals surface area contributed by atoms with Gasteiger partial charge in [-0.2, -0.15) is 0 Å². The summed E-state index contributed by atoms with van der Waals surface area (Å²) in [5.74, 6) is 0. The first kappa shape index (κ1) is 5.30. The quantitative estimate of drug-likeness (QED) is 0.493. The van der Waals surface area contributed by atoms with Crippen LogP contribution in [0.2, 0.25) is 0 Å². The Morgan fingerprint density at radius 3 is 2.25 bits per heavy atom. The van der Waals surface area contributed by atoms with Crippen molar-refractivity contribution >= 4 is 35.1 Å². The first-order chi connectivity index (χ1) is 1.91. The van der Waals surface area contributed by atoms with E-state index in [1.807, 2.05) is 22.0 Å². The van der Waals surface area contributed by atoms with Crippen molar-refractivity contribution < 1.29 is 0 Å². The van der Waals surface area contributed by atoms with Crippen LogP contribution in [-0.2, 0) is 0 Å². The topological polar surface area (TPSA) is 0 Å². The Kier molecular flexibility index (Phi) is 5.69. The van der Waals surface area contributed by atoms with E-state index < -0.39 is 0 Å². The monoisotopic (exact) mass is 181 g/mol. The Labute approximate surface area is 45.5 Å². The average molecular weight is 179 g/mol. The van der Waals surface area contributed by atoms with Crippen molar-refractivity contribution in [3.05, 3.63) is 10.7 Å². The third-order valence-corrected chi connectivity index (χ3v) is 2.37. The van der Waals surface area contributed by atoms with Gasteiger partial charge < -0.3 is 0 Å². The first-order valence-corrected chi connectivity index (χ1v) is 7.80. The average Bonchev–Trinajstić information content (AvgIpc) is 1.37. The van der Waals surface area contributed by atoms with Gasteiger partial charge in [-0.3, -0.25) is 0 Å². The molecule has 0 saturated heterocycles. The van der Waals surface area contributed by atoms with E-state index in [0.717, 1.165) is 0 Å². The molecule has 0 aliphatic heterocycles. The van der Waals surface area contributed by atoms with Crippen molar-refractivity contribution in [3.63, 3.8) is 0 Å². The molecule has 0 aliphatic carbocycles. The first-order valence-electron chi connectivity index (χ1n) is 0.933. The van der Waals surface area contributed by atoms with E-state index >= 15 is 0 Å². The summed E-state index contributed by atoms with van der Waals surface area (Å²) in [5.41, 5.74) is 0. The zero-order valence-electron chi connectivity index (χ0n) is 2.40. The Morgan fingerprint density at radius 2 is 2.25 bits per heavy atom. The molecule has 0 radical (unpaired) electrons. The summed E-state index contributed by atoms with van der Waals surface area (Å²) in [7, 11) is 0. The molecular weight excluding hydrogens is 176 g/mol. The molecular formula is C2H3MgTe+. The summed E-state index contributed by atoms with van der Waals surface area (Å²) in [4.78, 5) is 0. The van der Waals surface area contributed by atoms with Crippen molar-refractivity contribution in [2.24, 2.45) is 0 Å². The van der Waals surface area contributed by atoms with Crippen molar-refractivity contribution in [1.82, 2.24) is 0 Å². The fourth-order valence-electron chi connectivity index (χ4n) is 0. The van der Waals surface area contributed by atoms with E-state index in [1.54, 1.807) is 0 Å². The normalized spacial score (nSPS) is 6.50. The maximum absolute atomic E-state index is 3.54. The van der Waals surface area contributed by atoms with Gasteiger partial charge in [-0.15, -0.1) is 0 Å². The number of hydrogen-bond donors (Lipinski definition) is 0. The van der Waals surface area contributed by atoms with Gasteiger partial charge in [0.15, 0.2) is 0 Å². The molecule has 0 bridgehead atoms. The second kappa shape index (κ2) is 4.30. The molecule has 2 heteroatoms. The summed E-state index contributed by atoms with van der Waals surface area (Å²) in [6.45, 7) is 3.54. The molecule has 0 rings (SSSR count). The van der Waals surface area contributed by atoms with E-state index in [1.165, 1.54) is 0 Å². The standard InChI is InChI=1S/C2H4Te.Mg/c1-2-3;/h2-3H,1H2;/q;+2/p-1. The summed E-state index contributed by atoms with van der Waals surface area (Å²) in [5, 5.41) is 0. The Balaban J connectivity index is 2.30. The summed E-state index contributed by atoms with van der Waals surface area (Å²) < 4.78 is 2.02. The van der Waals surface area contributed by atoms with E-state index in [9.17, 15) is 0 Å². The van der Waals surface area contributed by atoms with Gasteiger partial charge in [0.2, 0.25) is 0 Å². The molecule has 0 aromatic rings. The predicted molar refractivity (Wildman–Crippen MR) is 21.7 cm³/mol. The Hall–Kier alpha value is 1.30. The van der Waals surface area contributed by atoms with Crippen molar-refractivity contribution in [2.45, 2.75) is 0 Å². The Morgan fingerprint density at radius 1 is 2.00 bits per heavy atom. The molecule has 4 heavy (non-hydrogen) atoms. The molecule has 18 valence electrons. The van der Waals surface area contributed by atoms with Crippen LogP contribution >= 0.6 is 0 Å². The van der Waals surface area contributed by atoms with Crippen LogP contribution in [0.25, 0.3) is 0 Å². The van der Waals surface area contributed by atoms with Crippen LogP contribution in [0.1, 0.15) is 0 Å². The molecule has 0 amide bonds. The van der Waals surface area contributed by atoms with E-state index in [-0.39, 0.29) is 17.2 Å². The minimum absolute atomic E-state index is 0.273. The maximum atomic E-state index is 3.54. The molecule has 0 unspecified atom stereocenters. The summed E-state index contributed by atoms with van der Waals surface area (Å²) in [6.07, 6.45) is 0.